The van der Waals surface area contributed by atoms with Crippen LogP contribution in [0, 0.1) is 6.92 Å². The average Bonchev–Trinajstić information content (AvgIpc) is 3.10. The predicted octanol–water partition coefficient (Wildman–Crippen LogP) is 7.12. The third kappa shape index (κ3) is 7.14. The molecule has 0 saturated carbocycles. The second-order valence-corrected chi connectivity index (χ2v) is 11.7. The minimum atomic E-state index is -1.18. The van der Waals surface area contributed by atoms with Gasteiger partial charge in [0.25, 0.3) is 11.8 Å². The van der Waals surface area contributed by atoms with E-state index in [0.717, 1.165) is 27.6 Å². The van der Waals surface area contributed by atoms with Crippen molar-refractivity contribution in [1.29, 1.82) is 0 Å². The monoisotopic (exact) mass is 769 g/mol. The standard InChI is InChI=1S/C18H13BrN2O4.C18H14BrN2O2/c19-17-12-8-4-7-11(10-5-2-1-3-6-10)14(12)16(24)15(21-17)18(25)20-9-13(22)23;1-2-20-18(23)15-16(22)13-10-6-9-12(14(13)17(19)21-15)11-7-4-3-5-8-11/h1-8,24H,9H2,(H,20,25)(H,22,23);3-10,22H,1-2H2,(H,20,23). The summed E-state index contributed by atoms with van der Waals surface area (Å²) >= 11 is 6.75. The van der Waals surface area contributed by atoms with E-state index in [-0.39, 0.29) is 29.4 Å². The zero-order chi connectivity index (χ0) is 34.4. The largest absolute Gasteiger partial charge is 0.505 e. The van der Waals surface area contributed by atoms with Crippen LogP contribution in [0.15, 0.2) is 106 Å². The van der Waals surface area contributed by atoms with Crippen LogP contribution in [0.5, 0.6) is 11.5 Å². The summed E-state index contributed by atoms with van der Waals surface area (Å²) in [5.41, 5.74) is 3.31. The second kappa shape index (κ2) is 15.1. The summed E-state index contributed by atoms with van der Waals surface area (Å²) in [7, 11) is 0. The highest BCUT2D eigenvalue weighted by molar-refractivity contribution is 9.10. The van der Waals surface area contributed by atoms with Crippen LogP contribution in [-0.4, -0.2) is 56.2 Å². The van der Waals surface area contributed by atoms with Crippen LogP contribution < -0.4 is 10.6 Å². The van der Waals surface area contributed by atoms with Crippen molar-refractivity contribution in [2.45, 2.75) is 0 Å². The highest BCUT2D eigenvalue weighted by Gasteiger charge is 2.22. The lowest BCUT2D eigenvalue weighted by Crippen LogP contribution is -2.30. The molecule has 0 aliphatic rings. The van der Waals surface area contributed by atoms with Crippen LogP contribution >= 0.6 is 31.9 Å². The lowest BCUT2D eigenvalue weighted by atomic mass is 9.98. The Labute approximate surface area is 291 Å². The summed E-state index contributed by atoms with van der Waals surface area (Å²) in [6.07, 6.45) is 0. The average molecular weight is 771 g/mol. The fourth-order valence-electron chi connectivity index (χ4n) is 5.09. The zero-order valence-corrected chi connectivity index (χ0v) is 28.2. The second-order valence-electron chi connectivity index (χ2n) is 10.2. The molecular formula is C36H27Br2N4O6. The number of hydrogen-bond acceptors (Lipinski definition) is 7. The Hall–Kier alpha value is -5.33. The van der Waals surface area contributed by atoms with Crippen molar-refractivity contribution in [3.63, 3.8) is 0 Å². The number of fused-ring (bicyclic) bond motifs is 2. The Bertz CT molecular complexity index is 2160. The van der Waals surface area contributed by atoms with Gasteiger partial charge in [0, 0.05) is 28.1 Å². The smallest absolute Gasteiger partial charge is 0.322 e. The van der Waals surface area contributed by atoms with Crippen molar-refractivity contribution in [2.75, 3.05) is 13.1 Å². The third-order valence-electron chi connectivity index (χ3n) is 7.20. The van der Waals surface area contributed by atoms with E-state index < -0.39 is 24.3 Å². The topological polar surface area (TPSA) is 162 Å². The highest BCUT2D eigenvalue weighted by Crippen LogP contribution is 2.40. The number of amides is 2. The lowest BCUT2D eigenvalue weighted by molar-refractivity contribution is -0.135. The first kappa shape index (κ1) is 34.0. The molecule has 2 aromatic heterocycles. The first-order valence-corrected chi connectivity index (χ1v) is 16.0. The van der Waals surface area contributed by atoms with E-state index in [1.54, 1.807) is 12.1 Å². The molecule has 6 rings (SSSR count). The Morgan fingerprint density at radius 2 is 1.12 bits per heavy atom. The van der Waals surface area contributed by atoms with Gasteiger partial charge in [0.05, 0.1) is 0 Å². The number of carbonyl (C=O) groups is 3. The molecule has 0 unspecified atom stereocenters. The number of hydrogen-bond donors (Lipinski definition) is 5. The van der Waals surface area contributed by atoms with Crippen molar-refractivity contribution >= 4 is 71.2 Å². The van der Waals surface area contributed by atoms with Gasteiger partial charge < -0.3 is 26.0 Å². The minimum Gasteiger partial charge on any atom is -0.505 e. The van der Waals surface area contributed by atoms with Crippen molar-refractivity contribution in [1.82, 2.24) is 20.6 Å². The molecule has 0 aliphatic carbocycles. The van der Waals surface area contributed by atoms with Crippen LogP contribution in [0.4, 0.5) is 0 Å². The molecule has 6 aromatic rings. The van der Waals surface area contributed by atoms with E-state index in [9.17, 15) is 24.6 Å². The van der Waals surface area contributed by atoms with Crippen LogP contribution in [0.2, 0.25) is 0 Å². The molecule has 2 heterocycles. The van der Waals surface area contributed by atoms with Gasteiger partial charge in [-0.1, -0.05) is 97.1 Å². The molecule has 4 aromatic carbocycles. The maximum atomic E-state index is 12.2. The van der Waals surface area contributed by atoms with Gasteiger partial charge in [-0.05, 0) is 61.0 Å². The van der Waals surface area contributed by atoms with E-state index in [4.69, 9.17) is 5.11 Å². The third-order valence-corrected chi connectivity index (χ3v) is 8.38. The molecule has 5 N–H and O–H groups in total. The van der Waals surface area contributed by atoms with Gasteiger partial charge in [-0.3, -0.25) is 14.4 Å². The number of halogens is 2. The van der Waals surface area contributed by atoms with Gasteiger partial charge in [-0.2, -0.15) is 0 Å². The number of carboxylic acids is 1. The van der Waals surface area contributed by atoms with Crippen molar-refractivity contribution in [2.24, 2.45) is 0 Å². The number of pyridine rings is 2. The van der Waals surface area contributed by atoms with Crippen molar-refractivity contribution in [3.05, 3.63) is 125 Å². The summed E-state index contributed by atoms with van der Waals surface area (Å²) in [6.45, 7) is 3.23. The molecular weight excluding hydrogens is 744 g/mol. The molecule has 0 saturated heterocycles. The molecule has 10 nitrogen and oxygen atoms in total. The van der Waals surface area contributed by atoms with Gasteiger partial charge in [0.1, 0.15) is 15.8 Å². The van der Waals surface area contributed by atoms with Crippen molar-refractivity contribution < 1.29 is 29.7 Å². The van der Waals surface area contributed by atoms with Crippen molar-refractivity contribution in [3.8, 4) is 33.8 Å². The molecule has 2 amide bonds. The molecule has 12 heteroatoms. The summed E-state index contributed by atoms with van der Waals surface area (Å²) in [6, 6.07) is 30.3. The summed E-state index contributed by atoms with van der Waals surface area (Å²) in [5.74, 6) is -2.82. The molecule has 0 aliphatic heterocycles. The number of carboxylic acid groups (broad SMARTS) is 1. The van der Waals surface area contributed by atoms with Gasteiger partial charge in [-0.25, -0.2) is 9.97 Å². The number of rotatable bonds is 7. The van der Waals surface area contributed by atoms with Gasteiger partial charge in [-0.15, -0.1) is 0 Å². The number of aliphatic carboxylic acids is 1. The Kier molecular flexibility index (Phi) is 10.7. The minimum absolute atomic E-state index is 0.0155. The molecule has 241 valence electrons. The van der Waals surface area contributed by atoms with E-state index in [1.165, 1.54) is 0 Å². The summed E-state index contributed by atoms with van der Waals surface area (Å²) in [4.78, 5) is 43.2. The summed E-state index contributed by atoms with van der Waals surface area (Å²) < 4.78 is 0.900. The Morgan fingerprint density at radius 3 is 1.69 bits per heavy atom. The van der Waals surface area contributed by atoms with Gasteiger partial charge >= 0.3 is 5.97 Å². The van der Waals surface area contributed by atoms with Crippen LogP contribution in [0.25, 0.3) is 43.8 Å². The number of aromatic nitrogens is 2. The quantitative estimate of drug-likeness (QED) is 0.107. The maximum Gasteiger partial charge on any atom is 0.322 e. The molecule has 0 spiro atoms. The van der Waals surface area contributed by atoms with E-state index >= 15 is 0 Å². The first-order chi connectivity index (χ1) is 23.1. The SMILES string of the molecule is O=C(O)CNC(=O)c1nc(Br)c2cccc(-c3ccccc3)c2c1O.[CH2]CNC(=O)c1nc(Br)c2c(-c3ccccc3)cccc2c1O. The molecule has 48 heavy (non-hydrogen) atoms. The molecule has 0 fully saturated rings. The fraction of sp³-hybridized carbons (Fsp3) is 0.0556. The van der Waals surface area contributed by atoms with Crippen LogP contribution in [0.1, 0.15) is 21.0 Å². The number of carbonyl (C=O) groups excluding carboxylic acids is 2. The highest BCUT2D eigenvalue weighted by atomic mass is 79.9. The van der Waals surface area contributed by atoms with E-state index in [0.29, 0.717) is 25.4 Å². The van der Waals surface area contributed by atoms with Crippen LogP contribution in [-0.2, 0) is 4.79 Å². The number of aromatic hydroxyl groups is 2. The predicted molar refractivity (Wildman–Crippen MR) is 191 cm³/mol. The van der Waals surface area contributed by atoms with Gasteiger partial charge in [0.2, 0.25) is 0 Å². The maximum absolute atomic E-state index is 12.2. The van der Waals surface area contributed by atoms with E-state index in [2.05, 4.69) is 59.4 Å². The van der Waals surface area contributed by atoms with Gasteiger partial charge in [0.15, 0.2) is 22.9 Å². The number of benzene rings is 4. The summed E-state index contributed by atoms with van der Waals surface area (Å²) in [5, 5.41) is 37.0. The fourth-order valence-corrected chi connectivity index (χ4v) is 6.20. The Balaban J connectivity index is 0.000000188. The molecule has 0 bridgehead atoms. The number of nitrogens with zero attached hydrogens (tertiary/aromatic N) is 2. The zero-order valence-electron chi connectivity index (χ0n) is 25.1. The first-order valence-electron chi connectivity index (χ1n) is 14.4. The normalized spacial score (nSPS) is 10.6. The molecule has 1 radical (unpaired) electrons. The molecule has 0 atom stereocenters. The lowest BCUT2D eigenvalue weighted by Gasteiger charge is -2.13. The number of nitrogens with one attached hydrogen (secondary N) is 2. The van der Waals surface area contributed by atoms with Crippen LogP contribution in [0.3, 0.4) is 0 Å². The van der Waals surface area contributed by atoms with E-state index in [1.807, 2.05) is 84.9 Å². The Morgan fingerprint density at radius 1 is 0.625 bits per heavy atom.